The van der Waals surface area contributed by atoms with Gasteiger partial charge in [0.25, 0.3) is 5.91 Å². The van der Waals surface area contributed by atoms with E-state index < -0.39 is 0 Å². The van der Waals surface area contributed by atoms with E-state index in [0.29, 0.717) is 34.6 Å². The number of halogens is 1. The van der Waals surface area contributed by atoms with Crippen LogP contribution in [-0.4, -0.2) is 48.9 Å². The van der Waals surface area contributed by atoms with E-state index in [1.54, 1.807) is 39.5 Å². The molecule has 1 heterocycles. The van der Waals surface area contributed by atoms with Gasteiger partial charge in [-0.1, -0.05) is 15.9 Å². The highest BCUT2D eigenvalue weighted by atomic mass is 79.9. The summed E-state index contributed by atoms with van der Waals surface area (Å²) < 4.78 is 23.0. The molecule has 9 heteroatoms. The number of amides is 1. The highest BCUT2D eigenvalue weighted by Gasteiger charge is 2.17. The Morgan fingerprint density at radius 1 is 1.03 bits per heavy atom. The average molecular weight is 490 g/mol. The van der Waals surface area contributed by atoms with Gasteiger partial charge in [0.05, 0.1) is 20.8 Å². The van der Waals surface area contributed by atoms with Crippen molar-refractivity contribution in [3.63, 3.8) is 0 Å². The van der Waals surface area contributed by atoms with Crippen LogP contribution in [0.25, 0.3) is 11.5 Å². The summed E-state index contributed by atoms with van der Waals surface area (Å²) in [5.41, 5.74) is 2.68. The molecule has 0 bridgehead atoms. The van der Waals surface area contributed by atoms with Gasteiger partial charge in [0.2, 0.25) is 11.8 Å². The van der Waals surface area contributed by atoms with Crippen LogP contribution in [-0.2, 0) is 11.3 Å². The van der Waals surface area contributed by atoms with E-state index >= 15 is 0 Å². The van der Waals surface area contributed by atoms with Crippen molar-refractivity contribution in [3.05, 3.63) is 51.8 Å². The molecule has 0 aliphatic heterocycles. The van der Waals surface area contributed by atoms with Gasteiger partial charge in [-0.15, -0.1) is 10.2 Å². The quantitative estimate of drug-likeness (QED) is 0.469. The number of carbonyl (C=O) groups is 1. The van der Waals surface area contributed by atoms with Gasteiger partial charge in [-0.05, 0) is 55.3 Å². The fourth-order valence-electron chi connectivity index (χ4n) is 2.85. The topological polar surface area (TPSA) is 86.9 Å². The van der Waals surface area contributed by atoms with Gasteiger partial charge in [-0.3, -0.25) is 4.79 Å². The van der Waals surface area contributed by atoms with Crippen LogP contribution < -0.4 is 14.2 Å². The lowest BCUT2D eigenvalue weighted by molar-refractivity contribution is -0.132. The molecule has 0 saturated heterocycles. The third kappa shape index (κ3) is 5.35. The van der Waals surface area contributed by atoms with Crippen molar-refractivity contribution in [1.82, 2.24) is 15.1 Å². The molecule has 3 aromatic rings. The van der Waals surface area contributed by atoms with Crippen molar-refractivity contribution in [2.24, 2.45) is 0 Å². The SMILES string of the molecule is COc1ccc(-c2nnc(CN(C)C(=O)COc3cc(C)c(Br)cc3C)o2)cc1OC. The first kappa shape index (κ1) is 22.6. The molecule has 0 N–H and O–H groups in total. The van der Waals surface area contributed by atoms with Crippen LogP contribution in [0.15, 0.2) is 39.2 Å². The van der Waals surface area contributed by atoms with Crippen LogP contribution in [0.5, 0.6) is 17.2 Å². The second-order valence-corrected chi connectivity index (χ2v) is 7.83. The zero-order chi connectivity index (χ0) is 22.5. The lowest BCUT2D eigenvalue weighted by atomic mass is 10.1. The van der Waals surface area contributed by atoms with E-state index in [1.165, 1.54) is 4.90 Å². The summed E-state index contributed by atoms with van der Waals surface area (Å²) >= 11 is 3.49. The van der Waals surface area contributed by atoms with Crippen LogP contribution in [0.3, 0.4) is 0 Å². The maximum atomic E-state index is 12.5. The molecular formula is C22H24BrN3O5. The second-order valence-electron chi connectivity index (χ2n) is 6.98. The molecule has 0 saturated carbocycles. The number of carbonyl (C=O) groups excluding carboxylic acids is 1. The average Bonchev–Trinajstić information content (AvgIpc) is 3.22. The van der Waals surface area contributed by atoms with Crippen LogP contribution in [0.4, 0.5) is 0 Å². The first-order valence-electron chi connectivity index (χ1n) is 9.50. The highest BCUT2D eigenvalue weighted by Crippen LogP contribution is 2.32. The van der Waals surface area contributed by atoms with Gasteiger partial charge in [-0.2, -0.15) is 0 Å². The molecule has 0 fully saturated rings. The lowest BCUT2D eigenvalue weighted by Crippen LogP contribution is -2.31. The standard InChI is InChI=1S/C22H24BrN3O5/c1-13-9-18(14(2)8-16(13)23)30-12-21(27)26(3)11-20-24-25-22(31-20)15-6-7-17(28-4)19(10-15)29-5/h6-10H,11-12H2,1-5H3. The minimum atomic E-state index is -0.203. The summed E-state index contributed by atoms with van der Waals surface area (Å²) in [6.45, 7) is 3.98. The molecule has 1 amide bonds. The Labute approximate surface area is 189 Å². The van der Waals surface area contributed by atoms with Gasteiger partial charge in [-0.25, -0.2) is 0 Å². The molecule has 31 heavy (non-hydrogen) atoms. The number of aromatic nitrogens is 2. The second kappa shape index (κ2) is 9.82. The number of aryl methyl sites for hydroxylation is 2. The molecule has 0 spiro atoms. The van der Waals surface area contributed by atoms with Crippen LogP contribution in [0.2, 0.25) is 0 Å². The number of benzene rings is 2. The van der Waals surface area contributed by atoms with E-state index in [2.05, 4.69) is 26.1 Å². The maximum absolute atomic E-state index is 12.5. The van der Waals surface area contributed by atoms with Crippen molar-refractivity contribution >= 4 is 21.8 Å². The predicted molar refractivity (Wildman–Crippen MR) is 118 cm³/mol. The summed E-state index contributed by atoms with van der Waals surface area (Å²) in [5, 5.41) is 8.10. The minimum Gasteiger partial charge on any atom is -0.493 e. The Hall–Kier alpha value is -3.07. The van der Waals surface area contributed by atoms with Gasteiger partial charge in [0, 0.05) is 17.1 Å². The van der Waals surface area contributed by atoms with E-state index in [1.807, 2.05) is 26.0 Å². The molecule has 8 nitrogen and oxygen atoms in total. The molecular weight excluding hydrogens is 466 g/mol. The zero-order valence-electron chi connectivity index (χ0n) is 18.1. The molecule has 0 aliphatic rings. The first-order valence-corrected chi connectivity index (χ1v) is 10.3. The lowest BCUT2D eigenvalue weighted by Gasteiger charge is -2.16. The third-order valence-electron chi connectivity index (χ3n) is 4.70. The first-order chi connectivity index (χ1) is 14.8. The number of hydrogen-bond donors (Lipinski definition) is 0. The molecule has 1 aromatic heterocycles. The van der Waals surface area contributed by atoms with Gasteiger partial charge >= 0.3 is 0 Å². The molecule has 2 aromatic carbocycles. The fraction of sp³-hybridized carbons (Fsp3) is 0.318. The summed E-state index contributed by atoms with van der Waals surface area (Å²) in [6.07, 6.45) is 0. The largest absolute Gasteiger partial charge is 0.493 e. The number of rotatable bonds is 8. The molecule has 0 aliphatic carbocycles. The minimum absolute atomic E-state index is 0.0882. The van der Waals surface area contributed by atoms with E-state index in [4.69, 9.17) is 18.6 Å². The molecule has 164 valence electrons. The molecule has 0 radical (unpaired) electrons. The van der Waals surface area contributed by atoms with Crippen molar-refractivity contribution in [3.8, 4) is 28.7 Å². The van der Waals surface area contributed by atoms with Crippen molar-refractivity contribution in [1.29, 1.82) is 0 Å². The monoisotopic (exact) mass is 489 g/mol. The summed E-state index contributed by atoms with van der Waals surface area (Å²) in [5.74, 6) is 2.28. The fourth-order valence-corrected chi connectivity index (χ4v) is 3.31. The zero-order valence-corrected chi connectivity index (χ0v) is 19.6. The Morgan fingerprint density at radius 3 is 2.48 bits per heavy atom. The van der Waals surface area contributed by atoms with Crippen LogP contribution in [0, 0.1) is 13.8 Å². The van der Waals surface area contributed by atoms with Crippen molar-refractivity contribution in [2.45, 2.75) is 20.4 Å². The van der Waals surface area contributed by atoms with Gasteiger partial charge < -0.3 is 23.5 Å². The predicted octanol–water partition coefficient (Wildman–Crippen LogP) is 4.17. The van der Waals surface area contributed by atoms with Crippen LogP contribution >= 0.6 is 15.9 Å². The number of nitrogens with zero attached hydrogens (tertiary/aromatic N) is 3. The van der Waals surface area contributed by atoms with E-state index in [0.717, 1.165) is 15.6 Å². The number of ether oxygens (including phenoxy) is 3. The number of likely N-dealkylation sites (N-methyl/N-ethyl adjacent to an activating group) is 1. The number of methoxy groups -OCH3 is 2. The Balaban J connectivity index is 1.62. The van der Waals surface area contributed by atoms with Crippen molar-refractivity contribution < 1.29 is 23.4 Å². The Kier molecular flexibility index (Phi) is 7.17. The number of hydrogen-bond acceptors (Lipinski definition) is 7. The third-order valence-corrected chi connectivity index (χ3v) is 5.56. The summed E-state index contributed by atoms with van der Waals surface area (Å²) in [6, 6.07) is 9.18. The molecule has 0 atom stereocenters. The normalized spacial score (nSPS) is 10.6. The molecule has 0 unspecified atom stereocenters. The van der Waals surface area contributed by atoms with Crippen molar-refractivity contribution in [2.75, 3.05) is 27.9 Å². The van der Waals surface area contributed by atoms with Gasteiger partial charge in [0.1, 0.15) is 5.75 Å². The summed E-state index contributed by atoms with van der Waals surface area (Å²) in [7, 11) is 4.78. The van der Waals surface area contributed by atoms with E-state index in [-0.39, 0.29) is 19.1 Å². The summed E-state index contributed by atoms with van der Waals surface area (Å²) in [4.78, 5) is 14.0. The highest BCUT2D eigenvalue weighted by molar-refractivity contribution is 9.10. The smallest absolute Gasteiger partial charge is 0.260 e. The maximum Gasteiger partial charge on any atom is 0.260 e. The van der Waals surface area contributed by atoms with Crippen LogP contribution in [0.1, 0.15) is 17.0 Å². The Morgan fingerprint density at radius 2 is 1.77 bits per heavy atom. The van der Waals surface area contributed by atoms with E-state index in [9.17, 15) is 4.79 Å². The van der Waals surface area contributed by atoms with Gasteiger partial charge in [0.15, 0.2) is 18.1 Å². The Bertz CT molecular complexity index is 1080. The molecule has 3 rings (SSSR count).